The van der Waals surface area contributed by atoms with Gasteiger partial charge in [-0.05, 0) is 24.3 Å². The number of H-pyrrole nitrogens is 1. The fourth-order valence-corrected chi connectivity index (χ4v) is 2.08. The minimum atomic E-state index is -0.208. The Bertz CT molecular complexity index is 886. The van der Waals surface area contributed by atoms with Crippen molar-refractivity contribution in [3.63, 3.8) is 0 Å². The number of aromatic nitrogens is 2. The number of fused-ring (bicyclic) bond motifs is 1. The molecule has 0 bridgehead atoms. The van der Waals surface area contributed by atoms with E-state index in [0.29, 0.717) is 16.7 Å². The van der Waals surface area contributed by atoms with E-state index in [4.69, 9.17) is 4.74 Å². The van der Waals surface area contributed by atoms with Gasteiger partial charge in [-0.1, -0.05) is 24.3 Å². The topological polar surface area (TPSA) is 79.4 Å². The summed E-state index contributed by atoms with van der Waals surface area (Å²) < 4.78 is 5.23. The molecule has 0 aliphatic carbocycles. The van der Waals surface area contributed by atoms with E-state index in [0.717, 1.165) is 5.56 Å². The van der Waals surface area contributed by atoms with Gasteiger partial charge in [-0.15, -0.1) is 0 Å². The second-order valence-corrected chi connectivity index (χ2v) is 4.54. The quantitative estimate of drug-likeness (QED) is 0.572. The van der Waals surface area contributed by atoms with Gasteiger partial charge in [0.25, 0.3) is 5.56 Å². The van der Waals surface area contributed by atoms with Crippen molar-refractivity contribution in [1.82, 2.24) is 9.97 Å². The molecule has 6 nitrogen and oxygen atoms in total. The first-order chi connectivity index (χ1) is 10.8. The van der Waals surface area contributed by atoms with Crippen LogP contribution >= 0.6 is 0 Å². The number of anilines is 1. The van der Waals surface area contributed by atoms with E-state index in [-0.39, 0.29) is 11.5 Å². The number of benzene rings is 2. The molecule has 6 heteroatoms. The molecule has 0 unspecified atom stereocenters. The smallest absolute Gasteiger partial charge is 0.260 e. The van der Waals surface area contributed by atoms with Gasteiger partial charge in [0.1, 0.15) is 5.75 Å². The predicted octanol–water partition coefficient (Wildman–Crippen LogP) is 2.38. The Labute approximate surface area is 126 Å². The summed E-state index contributed by atoms with van der Waals surface area (Å²) in [4.78, 5) is 18.9. The van der Waals surface area contributed by atoms with Crippen LogP contribution in [0.25, 0.3) is 10.9 Å². The van der Waals surface area contributed by atoms with Crippen LogP contribution in [-0.2, 0) is 0 Å². The summed E-state index contributed by atoms with van der Waals surface area (Å²) in [5, 5.41) is 4.62. The molecule has 0 spiro atoms. The molecule has 0 aliphatic rings. The molecule has 1 aromatic heterocycles. The average Bonchev–Trinajstić information content (AvgIpc) is 2.55. The summed E-state index contributed by atoms with van der Waals surface area (Å²) in [7, 11) is 1.60. The summed E-state index contributed by atoms with van der Waals surface area (Å²) in [5.74, 6) is 1.00. The highest BCUT2D eigenvalue weighted by molar-refractivity contribution is 5.84. The Morgan fingerprint density at radius 3 is 2.82 bits per heavy atom. The van der Waals surface area contributed by atoms with Gasteiger partial charge in [-0.3, -0.25) is 9.78 Å². The van der Waals surface area contributed by atoms with Gasteiger partial charge >= 0.3 is 0 Å². The molecule has 0 saturated carbocycles. The zero-order valence-electron chi connectivity index (χ0n) is 11.9. The maximum atomic E-state index is 11.9. The maximum absolute atomic E-state index is 11.9. The molecule has 0 fully saturated rings. The Kier molecular flexibility index (Phi) is 3.82. The third-order valence-electron chi connectivity index (χ3n) is 3.13. The highest BCUT2D eigenvalue weighted by atomic mass is 16.5. The number of hydrogen-bond donors (Lipinski definition) is 2. The second-order valence-electron chi connectivity index (χ2n) is 4.54. The monoisotopic (exact) mass is 294 g/mol. The fraction of sp³-hybridized carbons (Fsp3) is 0.0625. The third-order valence-corrected chi connectivity index (χ3v) is 3.13. The molecular formula is C16H14N4O2. The van der Waals surface area contributed by atoms with Crippen molar-refractivity contribution in [2.24, 2.45) is 5.10 Å². The van der Waals surface area contributed by atoms with Gasteiger partial charge in [0.15, 0.2) is 0 Å². The van der Waals surface area contributed by atoms with Gasteiger partial charge in [0.05, 0.1) is 24.2 Å². The van der Waals surface area contributed by atoms with Gasteiger partial charge in [0.2, 0.25) is 5.95 Å². The van der Waals surface area contributed by atoms with E-state index >= 15 is 0 Å². The molecule has 3 aromatic rings. The lowest BCUT2D eigenvalue weighted by atomic mass is 10.2. The number of hydrazone groups is 1. The lowest BCUT2D eigenvalue weighted by molar-refractivity contribution is 0.414. The van der Waals surface area contributed by atoms with Crippen molar-refractivity contribution in [2.45, 2.75) is 0 Å². The predicted molar refractivity (Wildman–Crippen MR) is 86.6 cm³/mol. The van der Waals surface area contributed by atoms with Crippen molar-refractivity contribution in [1.29, 1.82) is 0 Å². The van der Waals surface area contributed by atoms with Crippen molar-refractivity contribution in [3.8, 4) is 5.75 Å². The molecule has 2 aromatic carbocycles. The number of para-hydroxylation sites is 2. The number of nitrogens with one attached hydrogen (secondary N) is 2. The normalized spacial score (nSPS) is 11.0. The van der Waals surface area contributed by atoms with E-state index < -0.39 is 0 Å². The zero-order chi connectivity index (χ0) is 15.4. The lowest BCUT2D eigenvalue weighted by Gasteiger charge is -2.04. The van der Waals surface area contributed by atoms with E-state index in [1.54, 1.807) is 31.5 Å². The molecule has 0 aliphatic heterocycles. The van der Waals surface area contributed by atoms with E-state index in [9.17, 15) is 4.79 Å². The highest BCUT2D eigenvalue weighted by Crippen LogP contribution is 2.14. The molecule has 0 atom stereocenters. The van der Waals surface area contributed by atoms with Crippen LogP contribution in [0.15, 0.2) is 58.4 Å². The number of rotatable bonds is 4. The molecule has 0 amide bonds. The average molecular weight is 294 g/mol. The Morgan fingerprint density at radius 2 is 1.95 bits per heavy atom. The first-order valence-electron chi connectivity index (χ1n) is 6.69. The number of hydrogen-bond acceptors (Lipinski definition) is 5. The fourth-order valence-electron chi connectivity index (χ4n) is 2.08. The molecule has 1 heterocycles. The van der Waals surface area contributed by atoms with Gasteiger partial charge in [0, 0.05) is 5.56 Å². The summed E-state index contributed by atoms with van der Waals surface area (Å²) >= 11 is 0. The van der Waals surface area contributed by atoms with Crippen LogP contribution in [0.1, 0.15) is 5.56 Å². The van der Waals surface area contributed by atoms with Crippen LogP contribution in [0.4, 0.5) is 5.95 Å². The highest BCUT2D eigenvalue weighted by Gasteiger charge is 2.02. The van der Waals surface area contributed by atoms with Gasteiger partial charge in [-0.25, -0.2) is 10.4 Å². The molecule has 3 rings (SSSR count). The van der Waals surface area contributed by atoms with Crippen molar-refractivity contribution in [3.05, 3.63) is 64.4 Å². The molecular weight excluding hydrogens is 280 g/mol. The molecule has 22 heavy (non-hydrogen) atoms. The van der Waals surface area contributed by atoms with Crippen LogP contribution in [-0.4, -0.2) is 23.3 Å². The summed E-state index contributed by atoms with van der Waals surface area (Å²) in [6.07, 6.45) is 1.61. The standard InChI is InChI=1S/C16H14N4O2/c1-22-14-9-5-2-6-11(14)10-17-20-16-18-13-8-4-3-7-12(13)15(21)19-16/h2-10H,1H3,(H2,18,19,20,21)/b17-10+. The Balaban J connectivity index is 1.85. The van der Waals surface area contributed by atoms with E-state index in [2.05, 4.69) is 20.5 Å². The van der Waals surface area contributed by atoms with Crippen molar-refractivity contribution >= 4 is 23.1 Å². The molecule has 110 valence electrons. The Morgan fingerprint density at radius 1 is 1.18 bits per heavy atom. The van der Waals surface area contributed by atoms with Gasteiger partial charge < -0.3 is 4.74 Å². The summed E-state index contributed by atoms with van der Waals surface area (Å²) in [6.45, 7) is 0. The molecule has 2 N–H and O–H groups in total. The van der Waals surface area contributed by atoms with Crippen molar-refractivity contribution in [2.75, 3.05) is 12.5 Å². The first-order valence-corrected chi connectivity index (χ1v) is 6.69. The second kappa shape index (κ2) is 6.09. The van der Waals surface area contributed by atoms with Crippen LogP contribution in [0.3, 0.4) is 0 Å². The molecule has 0 saturated heterocycles. The Hall–Kier alpha value is -3.15. The minimum Gasteiger partial charge on any atom is -0.496 e. The summed E-state index contributed by atoms with van der Waals surface area (Å²) in [6, 6.07) is 14.6. The summed E-state index contributed by atoms with van der Waals surface area (Å²) in [5.41, 5.74) is 3.95. The number of nitrogens with zero attached hydrogens (tertiary/aromatic N) is 2. The number of methoxy groups -OCH3 is 1. The van der Waals surface area contributed by atoms with Crippen LogP contribution in [0, 0.1) is 0 Å². The minimum absolute atomic E-state index is 0.208. The molecule has 0 radical (unpaired) electrons. The zero-order valence-corrected chi connectivity index (χ0v) is 11.9. The van der Waals surface area contributed by atoms with Crippen LogP contribution < -0.4 is 15.7 Å². The first kappa shape index (κ1) is 13.8. The van der Waals surface area contributed by atoms with Crippen LogP contribution in [0.2, 0.25) is 0 Å². The maximum Gasteiger partial charge on any atom is 0.260 e. The van der Waals surface area contributed by atoms with Crippen LogP contribution in [0.5, 0.6) is 5.75 Å². The SMILES string of the molecule is COc1ccccc1/C=N/Nc1nc2ccccc2c(=O)[nH]1. The van der Waals surface area contributed by atoms with Crippen molar-refractivity contribution < 1.29 is 4.74 Å². The largest absolute Gasteiger partial charge is 0.496 e. The number of aromatic amines is 1. The third kappa shape index (κ3) is 2.80. The van der Waals surface area contributed by atoms with E-state index in [1.165, 1.54) is 0 Å². The van der Waals surface area contributed by atoms with Gasteiger partial charge in [-0.2, -0.15) is 5.10 Å². The van der Waals surface area contributed by atoms with E-state index in [1.807, 2.05) is 30.3 Å². The lowest BCUT2D eigenvalue weighted by Crippen LogP contribution is -2.11. The number of ether oxygens (including phenoxy) is 1.